The van der Waals surface area contributed by atoms with Crippen LogP contribution >= 0.6 is 0 Å². The fraction of sp³-hybridized carbons (Fsp3) is 0.0222. The minimum Gasteiger partial charge on any atom is -0.456 e. The molecule has 0 amide bonds. The van der Waals surface area contributed by atoms with Crippen molar-refractivity contribution in [3.8, 4) is 22.3 Å². The molecular formula is C45H29N3O2. The number of rotatable bonds is 5. The topological polar surface area (TPSA) is 63.0 Å². The number of hydrogen-bond donors (Lipinski definition) is 1. The maximum Gasteiger partial charge on any atom is 0.163 e. The predicted molar refractivity (Wildman–Crippen MR) is 204 cm³/mol. The van der Waals surface area contributed by atoms with Crippen molar-refractivity contribution >= 4 is 55.5 Å². The Kier molecular flexibility index (Phi) is 6.49. The van der Waals surface area contributed by atoms with E-state index in [-0.39, 0.29) is 0 Å². The van der Waals surface area contributed by atoms with E-state index in [0.717, 1.165) is 77.5 Å². The smallest absolute Gasteiger partial charge is 0.163 e. The molecule has 1 aliphatic rings. The number of nitrogens with one attached hydrogen (secondary N) is 1. The summed E-state index contributed by atoms with van der Waals surface area (Å²) in [5.41, 5.74) is 10.6. The third-order valence-electron chi connectivity index (χ3n) is 9.59. The van der Waals surface area contributed by atoms with E-state index in [1.54, 1.807) is 0 Å². The number of nitrogens with zero attached hydrogens (tertiary/aromatic N) is 2. The van der Waals surface area contributed by atoms with Crippen molar-refractivity contribution in [2.24, 2.45) is 9.98 Å². The molecule has 5 heteroatoms. The molecule has 2 aromatic heterocycles. The van der Waals surface area contributed by atoms with Crippen LogP contribution in [0, 0.1) is 0 Å². The highest BCUT2D eigenvalue weighted by atomic mass is 16.3. The molecule has 3 heterocycles. The molecular weight excluding hydrogens is 615 g/mol. The number of aliphatic imine (C=N–C) groups is 2. The van der Waals surface area contributed by atoms with Gasteiger partial charge in [-0.3, -0.25) is 0 Å². The van der Waals surface area contributed by atoms with Gasteiger partial charge in [-0.15, -0.1) is 0 Å². The SMILES string of the molecule is c1ccc(C2=NC(c3cccc4c3oc3cccc(-c5ccc(-c6ccccc6)cc5)c34)=NC(c3cccc4c3oc3ccccc34)N2)cc1. The quantitative estimate of drug-likeness (QED) is 0.203. The zero-order valence-corrected chi connectivity index (χ0v) is 26.9. The summed E-state index contributed by atoms with van der Waals surface area (Å²) in [6.45, 7) is 0. The van der Waals surface area contributed by atoms with Crippen LogP contribution in [0.15, 0.2) is 183 Å². The maximum absolute atomic E-state index is 6.70. The Bertz CT molecular complexity index is 2770. The molecule has 1 atom stereocenters. The molecule has 7 aromatic carbocycles. The molecule has 0 aliphatic carbocycles. The summed E-state index contributed by atoms with van der Waals surface area (Å²) in [6, 6.07) is 56.3. The second-order valence-corrected chi connectivity index (χ2v) is 12.6. The first-order valence-electron chi connectivity index (χ1n) is 16.8. The van der Waals surface area contributed by atoms with Crippen LogP contribution in [0.25, 0.3) is 66.1 Å². The van der Waals surface area contributed by atoms with Gasteiger partial charge in [0.1, 0.15) is 28.2 Å². The summed E-state index contributed by atoms with van der Waals surface area (Å²) in [4.78, 5) is 10.4. The summed E-state index contributed by atoms with van der Waals surface area (Å²) in [5, 5.41) is 7.85. The first kappa shape index (κ1) is 28.3. The number of hydrogen-bond acceptors (Lipinski definition) is 5. The minimum absolute atomic E-state index is 0.444. The van der Waals surface area contributed by atoms with Crippen molar-refractivity contribution in [2.75, 3.05) is 0 Å². The normalized spacial score (nSPS) is 14.6. The number of amidine groups is 2. The Balaban J connectivity index is 1.13. The standard InChI is InChI=1S/C45H29N3O2/c1-3-12-28(13-4-1)29-24-26-30(27-25-29)32-17-11-23-39-40(32)35-19-10-21-37(42(35)50-39)45-47-43(31-14-5-2-6-15-31)46-44(48-45)36-20-9-18-34-33-16-7-8-22-38(33)49-41(34)36/h1-27,44H,(H,46,47,48). The van der Waals surface area contributed by atoms with Gasteiger partial charge in [0.25, 0.3) is 0 Å². The molecule has 1 unspecified atom stereocenters. The third-order valence-corrected chi connectivity index (χ3v) is 9.59. The summed E-state index contributed by atoms with van der Waals surface area (Å²) in [6.07, 6.45) is -0.444. The van der Waals surface area contributed by atoms with E-state index in [0.29, 0.717) is 5.84 Å². The molecule has 0 spiro atoms. The number of fused-ring (bicyclic) bond motifs is 6. The van der Waals surface area contributed by atoms with Gasteiger partial charge in [0, 0.05) is 32.7 Å². The van der Waals surface area contributed by atoms with Crippen molar-refractivity contribution in [1.82, 2.24) is 5.32 Å². The van der Waals surface area contributed by atoms with Crippen LogP contribution in [0.2, 0.25) is 0 Å². The van der Waals surface area contributed by atoms with Crippen LogP contribution in [-0.2, 0) is 0 Å². The Morgan fingerprint density at radius 1 is 0.440 bits per heavy atom. The first-order valence-corrected chi connectivity index (χ1v) is 16.8. The molecule has 1 aliphatic heterocycles. The van der Waals surface area contributed by atoms with Crippen molar-refractivity contribution in [1.29, 1.82) is 0 Å². The molecule has 0 saturated heterocycles. The zero-order chi connectivity index (χ0) is 33.0. The van der Waals surface area contributed by atoms with Crippen molar-refractivity contribution in [3.63, 3.8) is 0 Å². The van der Waals surface area contributed by atoms with E-state index < -0.39 is 6.17 Å². The van der Waals surface area contributed by atoms with Crippen LogP contribution in [0.3, 0.4) is 0 Å². The highest BCUT2D eigenvalue weighted by molar-refractivity contribution is 6.21. The largest absolute Gasteiger partial charge is 0.456 e. The van der Waals surface area contributed by atoms with Gasteiger partial charge in [0.15, 0.2) is 12.0 Å². The van der Waals surface area contributed by atoms with Gasteiger partial charge >= 0.3 is 0 Å². The van der Waals surface area contributed by atoms with Gasteiger partial charge < -0.3 is 14.2 Å². The van der Waals surface area contributed by atoms with Crippen molar-refractivity contribution in [2.45, 2.75) is 6.17 Å². The van der Waals surface area contributed by atoms with Crippen LogP contribution in [0.4, 0.5) is 0 Å². The third kappa shape index (κ3) is 4.63. The minimum atomic E-state index is -0.444. The molecule has 236 valence electrons. The van der Waals surface area contributed by atoms with Crippen molar-refractivity contribution in [3.05, 3.63) is 180 Å². The molecule has 9 aromatic rings. The number of furan rings is 2. The van der Waals surface area contributed by atoms with Gasteiger partial charge in [-0.05, 0) is 40.5 Å². The molecule has 0 bridgehead atoms. The fourth-order valence-electron chi connectivity index (χ4n) is 7.19. The summed E-state index contributed by atoms with van der Waals surface area (Å²) in [5.74, 6) is 1.33. The van der Waals surface area contributed by atoms with Gasteiger partial charge in [0.05, 0.1) is 5.56 Å². The lowest BCUT2D eigenvalue weighted by atomic mass is 9.96. The average Bonchev–Trinajstić information content (AvgIpc) is 3.77. The maximum atomic E-state index is 6.70. The highest BCUT2D eigenvalue weighted by Gasteiger charge is 2.26. The number of para-hydroxylation sites is 3. The molecule has 0 saturated carbocycles. The van der Waals surface area contributed by atoms with E-state index >= 15 is 0 Å². The van der Waals surface area contributed by atoms with Gasteiger partial charge in [0.2, 0.25) is 0 Å². The second-order valence-electron chi connectivity index (χ2n) is 12.6. The lowest BCUT2D eigenvalue weighted by Crippen LogP contribution is -2.33. The molecule has 0 radical (unpaired) electrons. The van der Waals surface area contributed by atoms with Crippen LogP contribution < -0.4 is 5.32 Å². The zero-order valence-electron chi connectivity index (χ0n) is 26.9. The monoisotopic (exact) mass is 643 g/mol. The second kappa shape index (κ2) is 11.5. The van der Waals surface area contributed by atoms with Gasteiger partial charge in [-0.25, -0.2) is 9.98 Å². The molecule has 5 nitrogen and oxygen atoms in total. The van der Waals surface area contributed by atoms with Crippen LogP contribution in [-0.4, -0.2) is 11.7 Å². The lowest BCUT2D eigenvalue weighted by Gasteiger charge is -2.23. The molecule has 10 rings (SSSR count). The Labute approximate surface area is 287 Å². The Morgan fingerprint density at radius 3 is 1.88 bits per heavy atom. The molecule has 0 fully saturated rings. The van der Waals surface area contributed by atoms with E-state index in [9.17, 15) is 0 Å². The van der Waals surface area contributed by atoms with Crippen LogP contribution in [0.1, 0.15) is 22.9 Å². The average molecular weight is 644 g/mol. The summed E-state index contributed by atoms with van der Waals surface area (Å²) < 4.78 is 13.1. The highest BCUT2D eigenvalue weighted by Crippen LogP contribution is 2.40. The van der Waals surface area contributed by atoms with Crippen LogP contribution in [0.5, 0.6) is 0 Å². The lowest BCUT2D eigenvalue weighted by molar-refractivity contribution is 0.628. The van der Waals surface area contributed by atoms with Crippen molar-refractivity contribution < 1.29 is 8.83 Å². The van der Waals surface area contributed by atoms with Gasteiger partial charge in [-0.1, -0.05) is 146 Å². The molecule has 50 heavy (non-hydrogen) atoms. The van der Waals surface area contributed by atoms with E-state index in [4.69, 9.17) is 18.8 Å². The predicted octanol–water partition coefficient (Wildman–Crippen LogP) is 11.3. The molecule has 1 N–H and O–H groups in total. The first-order chi connectivity index (χ1) is 24.8. The van der Waals surface area contributed by atoms with E-state index in [1.807, 2.05) is 54.6 Å². The summed E-state index contributed by atoms with van der Waals surface area (Å²) >= 11 is 0. The Hall–Kier alpha value is -6.72. The summed E-state index contributed by atoms with van der Waals surface area (Å²) in [7, 11) is 0. The van der Waals surface area contributed by atoms with Gasteiger partial charge in [-0.2, -0.15) is 0 Å². The fourth-order valence-corrected chi connectivity index (χ4v) is 7.19. The number of benzene rings is 7. The van der Waals surface area contributed by atoms with E-state index in [1.165, 1.54) is 11.1 Å². The Morgan fingerprint density at radius 2 is 1.04 bits per heavy atom. The van der Waals surface area contributed by atoms with E-state index in [2.05, 4.69) is 115 Å².